The third-order valence-electron chi connectivity index (χ3n) is 11.1. The summed E-state index contributed by atoms with van der Waals surface area (Å²) in [4.78, 5) is 14.0. The lowest BCUT2D eigenvalue weighted by molar-refractivity contribution is 0.0512. The van der Waals surface area contributed by atoms with Crippen LogP contribution in [-0.4, -0.2) is 91.5 Å². The smallest absolute Gasteiger partial charge is 0.319 e. The molecule has 4 fully saturated rings. The summed E-state index contributed by atoms with van der Waals surface area (Å²) < 4.78 is 70.9. The van der Waals surface area contributed by atoms with E-state index in [0.717, 1.165) is 32.2 Å². The number of benzene rings is 3. The second-order valence-electron chi connectivity index (χ2n) is 13.9. The Morgan fingerprint density at radius 3 is 2.86 bits per heavy atom. The predicted molar refractivity (Wildman–Crippen MR) is 178 cm³/mol. The number of rotatable bonds is 7. The maximum absolute atomic E-state index is 17.3. The summed E-state index contributed by atoms with van der Waals surface area (Å²) >= 11 is 0. The van der Waals surface area contributed by atoms with Gasteiger partial charge in [0.05, 0.1) is 22.5 Å². The Morgan fingerprint density at radius 2 is 2.00 bits per heavy atom. The lowest BCUT2D eigenvalue weighted by atomic mass is 9.92. The average Bonchev–Trinajstić information content (AvgIpc) is 3.74. The van der Waals surface area contributed by atoms with E-state index in [2.05, 4.69) is 21.0 Å². The molecule has 5 aliphatic rings. The second-order valence-corrected chi connectivity index (χ2v) is 13.9. The van der Waals surface area contributed by atoms with E-state index in [0.29, 0.717) is 65.2 Å². The second kappa shape index (κ2) is 11.6. The third kappa shape index (κ3) is 4.88. The molecule has 1 N–H and O–H groups in total. The number of fused-ring (bicyclic) bond motifs is 7. The average molecular weight is 672 g/mol. The molecule has 6 heterocycles. The van der Waals surface area contributed by atoms with E-state index in [9.17, 15) is 4.39 Å². The molecule has 2 bridgehead atoms. The Morgan fingerprint density at radius 1 is 1.10 bits per heavy atom. The third-order valence-corrected chi connectivity index (χ3v) is 11.1. The molecule has 3 aromatic carbocycles. The van der Waals surface area contributed by atoms with E-state index in [4.69, 9.17) is 35.3 Å². The number of nitrogens with one attached hydrogen (secondary N) is 1. The Balaban J connectivity index is 1.24. The molecule has 0 amide bonds. The molecule has 5 atom stereocenters. The summed E-state index contributed by atoms with van der Waals surface area (Å²) in [5.41, 5.74) is 0.0239. The summed E-state index contributed by atoms with van der Waals surface area (Å²) in [6.07, 6.45) is 9.09. The minimum Gasteiger partial charge on any atom is -0.491 e. The van der Waals surface area contributed by atoms with Crippen LogP contribution in [0.5, 0.6) is 17.5 Å². The van der Waals surface area contributed by atoms with Crippen LogP contribution >= 0.6 is 0 Å². The number of terminal acetylenes is 1. The van der Waals surface area contributed by atoms with Gasteiger partial charge in [0.15, 0.2) is 12.6 Å². The Bertz CT molecular complexity index is 2040. The lowest BCUT2D eigenvalue weighted by Gasteiger charge is -2.40. The maximum Gasteiger partial charge on any atom is 0.319 e. The molecule has 0 spiro atoms. The molecule has 9 rings (SSSR count). The fourth-order valence-corrected chi connectivity index (χ4v) is 8.93. The van der Waals surface area contributed by atoms with E-state index < -0.39 is 23.3 Å². The van der Waals surface area contributed by atoms with E-state index in [-0.39, 0.29) is 54.2 Å². The van der Waals surface area contributed by atoms with Gasteiger partial charge in [-0.2, -0.15) is 9.97 Å². The molecular formula is C37H36F3N5O4. The fourth-order valence-electron chi connectivity index (χ4n) is 8.93. The van der Waals surface area contributed by atoms with Crippen LogP contribution in [0.1, 0.15) is 37.7 Å². The van der Waals surface area contributed by atoms with Gasteiger partial charge in [-0.15, -0.1) is 6.42 Å². The molecule has 0 saturated carbocycles. The van der Waals surface area contributed by atoms with Gasteiger partial charge in [-0.25, -0.2) is 13.2 Å². The van der Waals surface area contributed by atoms with Crippen LogP contribution in [0, 0.1) is 24.0 Å². The first-order valence-electron chi connectivity index (χ1n) is 16.9. The predicted octanol–water partition coefficient (Wildman–Crippen LogP) is 5.35. The van der Waals surface area contributed by atoms with Crippen LogP contribution in [0.25, 0.3) is 32.8 Å². The number of hydrogen-bond acceptors (Lipinski definition) is 9. The molecule has 0 aliphatic carbocycles. The fraction of sp³-hybridized carbons (Fsp3) is 0.459. The van der Waals surface area contributed by atoms with Gasteiger partial charge in [0.2, 0.25) is 0 Å². The van der Waals surface area contributed by atoms with Crippen LogP contribution in [0.3, 0.4) is 0 Å². The highest BCUT2D eigenvalue weighted by Gasteiger charge is 2.50. The first kappa shape index (κ1) is 30.7. The van der Waals surface area contributed by atoms with Crippen molar-refractivity contribution in [1.29, 1.82) is 0 Å². The topological polar surface area (TPSA) is 81.2 Å². The largest absolute Gasteiger partial charge is 0.491 e. The molecule has 9 nitrogen and oxygen atoms in total. The van der Waals surface area contributed by atoms with Crippen molar-refractivity contribution in [1.82, 2.24) is 20.2 Å². The molecule has 0 unspecified atom stereocenters. The summed E-state index contributed by atoms with van der Waals surface area (Å²) in [7, 11) is 1.50. The highest BCUT2D eigenvalue weighted by Crippen LogP contribution is 2.47. The van der Waals surface area contributed by atoms with Gasteiger partial charge in [-0.1, -0.05) is 12.0 Å². The summed E-state index contributed by atoms with van der Waals surface area (Å²) in [5.74, 6) is 2.56. The minimum absolute atomic E-state index is 0.00630. The number of piperazine rings is 1. The van der Waals surface area contributed by atoms with Gasteiger partial charge in [-0.3, -0.25) is 4.90 Å². The van der Waals surface area contributed by atoms with Crippen molar-refractivity contribution in [2.45, 2.75) is 61.9 Å². The van der Waals surface area contributed by atoms with Gasteiger partial charge < -0.3 is 29.2 Å². The molecule has 5 aliphatic heterocycles. The molecule has 12 heteroatoms. The Hall–Kier alpha value is -4.31. The Kier molecular flexibility index (Phi) is 7.30. The van der Waals surface area contributed by atoms with Crippen LogP contribution in [0.15, 0.2) is 30.3 Å². The molecule has 254 valence electrons. The highest BCUT2D eigenvalue weighted by molar-refractivity contribution is 6.06. The number of nitrogens with zero attached hydrogens (tertiary/aromatic N) is 4. The Labute approximate surface area is 281 Å². The number of aromatic nitrogens is 2. The molecule has 4 saturated heterocycles. The standard InChI is InChI=1S/C37H36F3N5O4/c1-3-24-27(39)7-5-20-11-23(49-19-46-2)12-25(31(20)24)26-13-30-32-34(33(26)40)42-36(48-18-37-9-4-10-44(37)15-21(38)14-37)43-35(32)45-16-22-6-8-28(41-22)29(45)17-47-30/h1,5,7,11-13,21-22,28-29,41H,4,6,8-10,14-19H2,2H3/t21-,22-,28+,29-,37+/m1/s1. The normalized spacial score (nSPS) is 27.1. The first-order valence-corrected chi connectivity index (χ1v) is 16.9. The number of hydrogen-bond donors (Lipinski definition) is 1. The number of alkyl halides is 1. The molecule has 1 aromatic heterocycles. The highest BCUT2D eigenvalue weighted by atomic mass is 19.1. The van der Waals surface area contributed by atoms with Gasteiger partial charge in [0, 0.05) is 49.7 Å². The summed E-state index contributed by atoms with van der Waals surface area (Å²) in [5, 5.41) is 5.08. The number of ether oxygens (including phenoxy) is 4. The monoisotopic (exact) mass is 671 g/mol. The molecule has 4 aromatic rings. The molecule has 49 heavy (non-hydrogen) atoms. The number of halogens is 3. The number of methoxy groups -OCH3 is 1. The summed E-state index contributed by atoms with van der Waals surface area (Å²) in [6.45, 7) is 2.38. The van der Waals surface area contributed by atoms with Crippen molar-refractivity contribution in [3.63, 3.8) is 0 Å². The zero-order valence-electron chi connectivity index (χ0n) is 27.1. The van der Waals surface area contributed by atoms with Crippen molar-refractivity contribution in [3.05, 3.63) is 47.5 Å². The lowest BCUT2D eigenvalue weighted by Crippen LogP contribution is -2.60. The van der Waals surface area contributed by atoms with E-state index in [1.165, 1.54) is 13.2 Å². The van der Waals surface area contributed by atoms with Crippen molar-refractivity contribution in [2.24, 2.45) is 0 Å². The molecule has 0 radical (unpaired) electrons. The van der Waals surface area contributed by atoms with E-state index >= 15 is 8.78 Å². The van der Waals surface area contributed by atoms with Gasteiger partial charge >= 0.3 is 6.01 Å². The van der Waals surface area contributed by atoms with Crippen LogP contribution in [-0.2, 0) is 4.74 Å². The van der Waals surface area contributed by atoms with Crippen LogP contribution < -0.4 is 24.4 Å². The van der Waals surface area contributed by atoms with Crippen LogP contribution in [0.2, 0.25) is 0 Å². The van der Waals surface area contributed by atoms with E-state index in [1.54, 1.807) is 24.3 Å². The first-order chi connectivity index (χ1) is 23.9. The van der Waals surface area contributed by atoms with Crippen molar-refractivity contribution >= 4 is 27.5 Å². The zero-order valence-corrected chi connectivity index (χ0v) is 27.1. The SMILES string of the molecule is C#Cc1c(F)ccc2cc(OCOC)cc(-c3cc4c5c(nc(OC[C@@]67CCCN6C[C@H](F)C7)nc5c3F)N3C[C@H]5CC[C@H](N5)[C@H]3CO4)c12. The molecular weight excluding hydrogens is 635 g/mol. The van der Waals surface area contributed by atoms with Gasteiger partial charge in [-0.05, 0) is 67.4 Å². The van der Waals surface area contributed by atoms with Crippen molar-refractivity contribution in [2.75, 3.05) is 51.7 Å². The zero-order chi connectivity index (χ0) is 33.4. The number of anilines is 1. The summed E-state index contributed by atoms with van der Waals surface area (Å²) in [6, 6.07) is 8.26. The van der Waals surface area contributed by atoms with Gasteiger partial charge in [0.1, 0.15) is 48.0 Å². The maximum atomic E-state index is 17.3. The minimum atomic E-state index is -0.918. The van der Waals surface area contributed by atoms with Crippen molar-refractivity contribution < 1.29 is 32.1 Å². The van der Waals surface area contributed by atoms with E-state index in [1.807, 2.05) is 0 Å². The van der Waals surface area contributed by atoms with Gasteiger partial charge in [0.25, 0.3) is 0 Å². The quantitative estimate of drug-likeness (QED) is 0.207. The van der Waals surface area contributed by atoms with Crippen LogP contribution in [0.4, 0.5) is 19.0 Å². The van der Waals surface area contributed by atoms with Crippen molar-refractivity contribution in [3.8, 4) is 41.0 Å².